The molecule has 0 amide bonds. The topological polar surface area (TPSA) is 47.0 Å². The van der Waals surface area contributed by atoms with Crippen LogP contribution in [0.3, 0.4) is 0 Å². The number of halogens is 1. The summed E-state index contributed by atoms with van der Waals surface area (Å²) in [5.41, 5.74) is 0.697. The lowest BCUT2D eigenvalue weighted by Crippen LogP contribution is -2.27. The van der Waals surface area contributed by atoms with Crippen LogP contribution in [0, 0.1) is 5.82 Å². The van der Waals surface area contributed by atoms with Gasteiger partial charge < -0.3 is 9.72 Å². The van der Waals surface area contributed by atoms with Crippen molar-refractivity contribution in [2.75, 3.05) is 13.2 Å². The third-order valence-electron chi connectivity index (χ3n) is 3.24. The number of ether oxygens (including phenoxy) is 1. The second-order valence-electron chi connectivity index (χ2n) is 4.28. The molecular weight excluding hydrogens is 223 g/mol. The van der Waals surface area contributed by atoms with E-state index in [0.717, 1.165) is 12.8 Å². The normalized spacial score (nSPS) is 17.7. The van der Waals surface area contributed by atoms with Gasteiger partial charge in [-0.25, -0.2) is 9.18 Å². The number of nitrogens with one attached hydrogen (secondary N) is 1. The van der Waals surface area contributed by atoms with E-state index in [2.05, 4.69) is 4.98 Å². The molecular formula is C12H13FN2O2. The van der Waals surface area contributed by atoms with Gasteiger partial charge >= 0.3 is 5.69 Å². The van der Waals surface area contributed by atoms with Crippen LogP contribution in [0.25, 0.3) is 11.0 Å². The van der Waals surface area contributed by atoms with Gasteiger partial charge in [0.15, 0.2) is 0 Å². The molecule has 0 spiro atoms. The molecule has 1 aromatic carbocycles. The van der Waals surface area contributed by atoms with Crippen molar-refractivity contribution < 1.29 is 9.13 Å². The van der Waals surface area contributed by atoms with Gasteiger partial charge in [0.1, 0.15) is 11.3 Å². The second-order valence-corrected chi connectivity index (χ2v) is 4.28. The maximum atomic E-state index is 13.8. The fourth-order valence-corrected chi connectivity index (χ4v) is 2.43. The van der Waals surface area contributed by atoms with E-state index in [1.165, 1.54) is 10.6 Å². The first-order valence-corrected chi connectivity index (χ1v) is 5.74. The van der Waals surface area contributed by atoms with E-state index in [4.69, 9.17) is 4.74 Å². The maximum Gasteiger partial charge on any atom is 0.326 e. The fourth-order valence-electron chi connectivity index (χ4n) is 2.43. The van der Waals surface area contributed by atoms with Gasteiger partial charge in [0.25, 0.3) is 0 Å². The summed E-state index contributed by atoms with van der Waals surface area (Å²) in [4.78, 5) is 14.6. The van der Waals surface area contributed by atoms with Gasteiger partial charge in [0, 0.05) is 19.3 Å². The minimum atomic E-state index is -0.354. The summed E-state index contributed by atoms with van der Waals surface area (Å²) in [6.45, 7) is 1.25. The fraction of sp³-hybridized carbons (Fsp3) is 0.417. The molecule has 17 heavy (non-hydrogen) atoms. The lowest BCUT2D eigenvalue weighted by molar-refractivity contribution is 0.0697. The first-order chi connectivity index (χ1) is 8.27. The predicted molar refractivity (Wildman–Crippen MR) is 61.6 cm³/mol. The first kappa shape index (κ1) is 10.5. The number of benzene rings is 1. The number of aromatic amines is 1. The van der Waals surface area contributed by atoms with Crippen LogP contribution < -0.4 is 5.69 Å². The Morgan fingerprint density at radius 2 is 2.12 bits per heavy atom. The van der Waals surface area contributed by atoms with Gasteiger partial charge in [-0.2, -0.15) is 0 Å². The molecule has 1 saturated heterocycles. The number of hydrogen-bond donors (Lipinski definition) is 1. The van der Waals surface area contributed by atoms with E-state index in [1.807, 2.05) is 0 Å². The van der Waals surface area contributed by atoms with Gasteiger partial charge in [-0.05, 0) is 25.0 Å². The van der Waals surface area contributed by atoms with Gasteiger partial charge in [0.2, 0.25) is 0 Å². The summed E-state index contributed by atoms with van der Waals surface area (Å²) in [5.74, 6) is -0.354. The summed E-state index contributed by atoms with van der Waals surface area (Å²) >= 11 is 0. The standard InChI is InChI=1S/C12H13FN2O2/c13-9-2-1-3-10-11(9)15(12(16)14-10)8-4-6-17-7-5-8/h1-3,8H,4-7H2,(H,14,16). The highest BCUT2D eigenvalue weighted by atomic mass is 19.1. The highest BCUT2D eigenvalue weighted by Crippen LogP contribution is 2.24. The molecule has 1 fully saturated rings. The van der Waals surface area contributed by atoms with Crippen molar-refractivity contribution >= 4 is 11.0 Å². The van der Waals surface area contributed by atoms with Crippen molar-refractivity contribution in [3.63, 3.8) is 0 Å². The molecule has 0 atom stereocenters. The smallest absolute Gasteiger partial charge is 0.326 e. The summed E-state index contributed by atoms with van der Waals surface area (Å²) in [5, 5.41) is 0. The Morgan fingerprint density at radius 3 is 2.88 bits per heavy atom. The van der Waals surface area contributed by atoms with Gasteiger partial charge in [0.05, 0.1) is 5.52 Å². The minimum Gasteiger partial charge on any atom is -0.381 e. The zero-order valence-electron chi connectivity index (χ0n) is 9.28. The van der Waals surface area contributed by atoms with E-state index in [1.54, 1.807) is 12.1 Å². The van der Waals surface area contributed by atoms with Crippen LogP contribution in [0.15, 0.2) is 23.0 Å². The number of nitrogens with zero attached hydrogens (tertiary/aromatic N) is 1. The molecule has 0 bridgehead atoms. The van der Waals surface area contributed by atoms with Gasteiger partial charge in [-0.3, -0.25) is 4.57 Å². The number of fused-ring (bicyclic) bond motifs is 1. The van der Waals surface area contributed by atoms with Crippen LogP contribution in [-0.4, -0.2) is 22.8 Å². The Balaban J connectivity index is 2.20. The molecule has 1 aromatic heterocycles. The summed E-state index contributed by atoms with van der Waals surface area (Å²) in [6, 6.07) is 4.73. The van der Waals surface area contributed by atoms with E-state index in [-0.39, 0.29) is 17.5 Å². The molecule has 1 aliphatic heterocycles. The number of rotatable bonds is 1. The van der Waals surface area contributed by atoms with Crippen molar-refractivity contribution in [3.8, 4) is 0 Å². The Bertz CT molecular complexity index is 596. The second kappa shape index (κ2) is 4.00. The quantitative estimate of drug-likeness (QED) is 0.821. The van der Waals surface area contributed by atoms with Crippen LogP contribution in [0.4, 0.5) is 4.39 Å². The van der Waals surface area contributed by atoms with Crippen molar-refractivity contribution in [3.05, 3.63) is 34.5 Å². The number of H-pyrrole nitrogens is 1. The molecule has 0 radical (unpaired) electrons. The number of aromatic nitrogens is 2. The van der Waals surface area contributed by atoms with E-state index in [9.17, 15) is 9.18 Å². The molecule has 0 saturated carbocycles. The Hall–Kier alpha value is -1.62. The Morgan fingerprint density at radius 1 is 1.35 bits per heavy atom. The SMILES string of the molecule is O=c1[nH]c2cccc(F)c2n1C1CCOCC1. The molecule has 5 heteroatoms. The van der Waals surface area contributed by atoms with E-state index < -0.39 is 0 Å². The zero-order chi connectivity index (χ0) is 11.8. The van der Waals surface area contributed by atoms with Crippen LogP contribution in [-0.2, 0) is 4.74 Å². The van der Waals surface area contributed by atoms with E-state index in [0.29, 0.717) is 24.2 Å². The number of para-hydroxylation sites is 1. The lowest BCUT2D eigenvalue weighted by atomic mass is 10.1. The third-order valence-corrected chi connectivity index (χ3v) is 3.24. The maximum absolute atomic E-state index is 13.8. The van der Waals surface area contributed by atoms with Crippen LogP contribution >= 0.6 is 0 Å². The molecule has 2 aromatic rings. The van der Waals surface area contributed by atoms with Crippen molar-refractivity contribution in [2.24, 2.45) is 0 Å². The van der Waals surface area contributed by atoms with Crippen molar-refractivity contribution in [2.45, 2.75) is 18.9 Å². The third kappa shape index (κ3) is 1.67. The summed E-state index contributed by atoms with van der Waals surface area (Å²) in [6.07, 6.45) is 1.50. The molecule has 0 aliphatic carbocycles. The summed E-state index contributed by atoms with van der Waals surface area (Å²) < 4.78 is 20.6. The average molecular weight is 236 g/mol. The number of hydrogen-bond acceptors (Lipinski definition) is 2. The van der Waals surface area contributed by atoms with Gasteiger partial charge in [-0.15, -0.1) is 0 Å². The number of imidazole rings is 1. The minimum absolute atomic E-state index is 0.0295. The Labute approximate surface area is 97.0 Å². The Kier molecular flexibility index (Phi) is 2.48. The van der Waals surface area contributed by atoms with E-state index >= 15 is 0 Å². The van der Waals surface area contributed by atoms with Crippen molar-refractivity contribution in [1.82, 2.24) is 9.55 Å². The first-order valence-electron chi connectivity index (χ1n) is 5.74. The van der Waals surface area contributed by atoms with Crippen molar-refractivity contribution in [1.29, 1.82) is 0 Å². The molecule has 1 N–H and O–H groups in total. The zero-order valence-corrected chi connectivity index (χ0v) is 9.28. The molecule has 3 rings (SSSR count). The molecule has 1 aliphatic rings. The lowest BCUT2D eigenvalue weighted by Gasteiger charge is -2.23. The van der Waals surface area contributed by atoms with Crippen LogP contribution in [0.1, 0.15) is 18.9 Å². The molecule has 2 heterocycles. The molecule has 90 valence electrons. The molecule has 4 nitrogen and oxygen atoms in total. The highest BCUT2D eigenvalue weighted by Gasteiger charge is 2.21. The van der Waals surface area contributed by atoms with Crippen LogP contribution in [0.5, 0.6) is 0 Å². The monoisotopic (exact) mass is 236 g/mol. The largest absolute Gasteiger partial charge is 0.381 e. The molecule has 0 unspecified atom stereocenters. The van der Waals surface area contributed by atoms with Gasteiger partial charge in [-0.1, -0.05) is 6.07 Å². The highest BCUT2D eigenvalue weighted by molar-refractivity contribution is 5.75. The average Bonchev–Trinajstić information content (AvgIpc) is 2.68. The predicted octanol–water partition coefficient (Wildman–Crippen LogP) is 1.82. The summed E-state index contributed by atoms with van der Waals surface area (Å²) in [7, 11) is 0. The van der Waals surface area contributed by atoms with Crippen LogP contribution in [0.2, 0.25) is 0 Å².